The van der Waals surface area contributed by atoms with Gasteiger partial charge in [0, 0.05) is 13.0 Å². The minimum absolute atomic E-state index is 0.165. The number of rotatable bonds is 9. The van der Waals surface area contributed by atoms with Gasteiger partial charge in [-0.1, -0.05) is 6.92 Å². The third-order valence-corrected chi connectivity index (χ3v) is 5.73. The van der Waals surface area contributed by atoms with Gasteiger partial charge in [0.05, 0.1) is 6.07 Å². The highest BCUT2D eigenvalue weighted by Crippen LogP contribution is 2.50. The van der Waals surface area contributed by atoms with Crippen LogP contribution in [-0.4, -0.2) is 39.8 Å². The first-order chi connectivity index (χ1) is 8.99. The zero-order chi connectivity index (χ0) is 16.0. The summed E-state index contributed by atoms with van der Waals surface area (Å²) in [5, 5.41) is 18.1. The molecule has 0 amide bonds. The summed E-state index contributed by atoms with van der Waals surface area (Å²) < 4.78 is 30.8. The molecule has 0 heterocycles. The van der Waals surface area contributed by atoms with Crippen LogP contribution in [0.4, 0.5) is 0 Å². The van der Waals surface area contributed by atoms with Crippen molar-refractivity contribution in [3.63, 3.8) is 0 Å². The van der Waals surface area contributed by atoms with E-state index in [9.17, 15) is 18.5 Å². The molecule has 3 N–H and O–H groups in total. The molecule has 1 atom stereocenters. The second kappa shape index (κ2) is 7.77. The van der Waals surface area contributed by atoms with E-state index in [1.165, 1.54) is 0 Å². The Hall–Kier alpha value is -0.120. The van der Waals surface area contributed by atoms with Crippen molar-refractivity contribution in [1.29, 1.82) is 5.26 Å². The van der Waals surface area contributed by atoms with E-state index in [1.54, 1.807) is 11.6 Å². The number of carboxylic acids is 1. The molecule has 11 heteroatoms. The van der Waals surface area contributed by atoms with Crippen molar-refractivity contribution in [2.75, 3.05) is 12.3 Å². The maximum absolute atomic E-state index is 10.8. The minimum atomic E-state index is -4.51. The number of carbonyl (C=O) groups is 1. The number of thiol groups is 2. The number of hydrogen-bond donors (Lipinski definition) is 5. The fourth-order valence-electron chi connectivity index (χ4n) is 1.41. The standard InChI is InChI=1S/C9H16N2O5S4/c1-2-19-9(17,18)8(5-10,4-3-7(12)13)6-11-20(14,15)16/h11,17-18H,2-4,6H2,1H3,(H,12,13)(H,14,15,16). The summed E-state index contributed by atoms with van der Waals surface area (Å²) in [4.78, 5) is 10.7. The van der Waals surface area contributed by atoms with Crippen molar-refractivity contribution in [3.8, 4) is 6.07 Å². The van der Waals surface area contributed by atoms with Gasteiger partial charge in [-0.25, -0.2) is 0 Å². The van der Waals surface area contributed by atoms with Crippen molar-refractivity contribution in [2.24, 2.45) is 5.41 Å². The molecule has 0 saturated carbocycles. The fourth-order valence-corrected chi connectivity index (χ4v) is 3.99. The first kappa shape index (κ1) is 19.9. The number of thioether (sulfide) groups is 1. The molecular weight excluding hydrogens is 344 g/mol. The monoisotopic (exact) mass is 360 g/mol. The summed E-state index contributed by atoms with van der Waals surface area (Å²) in [5.41, 5.74) is -1.51. The van der Waals surface area contributed by atoms with E-state index in [2.05, 4.69) is 25.3 Å². The molecule has 0 bridgehead atoms. The first-order valence-corrected chi connectivity index (χ1v) is 8.75. The molecule has 116 valence electrons. The Bertz CT molecular complexity index is 487. The second-order valence-corrected chi connectivity index (χ2v) is 8.94. The number of aliphatic carboxylic acids is 1. The molecule has 0 aromatic heterocycles. The molecule has 1 unspecified atom stereocenters. The van der Waals surface area contributed by atoms with E-state index < -0.39 is 31.6 Å². The summed E-state index contributed by atoms with van der Waals surface area (Å²) in [5.74, 6) is -0.592. The van der Waals surface area contributed by atoms with Gasteiger partial charge >= 0.3 is 16.3 Å². The van der Waals surface area contributed by atoms with Crippen LogP contribution in [0.15, 0.2) is 0 Å². The zero-order valence-corrected chi connectivity index (χ0v) is 14.0. The normalized spacial score (nSPS) is 15.3. The predicted molar refractivity (Wildman–Crippen MR) is 83.3 cm³/mol. The van der Waals surface area contributed by atoms with E-state index in [-0.39, 0.29) is 12.8 Å². The van der Waals surface area contributed by atoms with E-state index in [0.29, 0.717) is 5.75 Å². The van der Waals surface area contributed by atoms with Gasteiger partial charge in [-0.2, -0.15) is 18.4 Å². The topological polar surface area (TPSA) is 127 Å². The second-order valence-electron chi connectivity index (χ2n) is 3.93. The minimum Gasteiger partial charge on any atom is -0.481 e. The Kier molecular flexibility index (Phi) is 7.72. The first-order valence-electron chi connectivity index (χ1n) is 5.43. The Balaban J connectivity index is 5.38. The molecule has 0 fully saturated rings. The number of carboxylic acid groups (broad SMARTS) is 1. The maximum Gasteiger partial charge on any atom is 0.333 e. The van der Waals surface area contributed by atoms with Gasteiger partial charge in [0.25, 0.3) is 0 Å². The lowest BCUT2D eigenvalue weighted by molar-refractivity contribution is -0.137. The number of nitrogens with one attached hydrogen (secondary N) is 1. The predicted octanol–water partition coefficient (Wildman–Crippen LogP) is 1.02. The van der Waals surface area contributed by atoms with Gasteiger partial charge in [-0.05, 0) is 12.2 Å². The summed E-state index contributed by atoms with van der Waals surface area (Å²) in [7, 11) is -4.51. The van der Waals surface area contributed by atoms with Crippen LogP contribution in [0.1, 0.15) is 19.8 Å². The van der Waals surface area contributed by atoms with Gasteiger partial charge in [0.15, 0.2) is 0 Å². The average molecular weight is 361 g/mol. The van der Waals surface area contributed by atoms with Gasteiger partial charge in [-0.3, -0.25) is 9.35 Å². The van der Waals surface area contributed by atoms with Crippen molar-refractivity contribution in [2.45, 2.75) is 23.2 Å². The Morgan fingerprint density at radius 2 is 2.05 bits per heavy atom. The molecule has 0 spiro atoms. The zero-order valence-electron chi connectivity index (χ0n) is 10.6. The summed E-state index contributed by atoms with van der Waals surface area (Å²) in [6, 6.07) is 1.89. The lowest BCUT2D eigenvalue weighted by Gasteiger charge is -2.38. The van der Waals surface area contributed by atoms with Crippen LogP contribution in [-0.2, 0) is 15.1 Å². The molecule has 20 heavy (non-hydrogen) atoms. The fraction of sp³-hybridized carbons (Fsp3) is 0.778. The van der Waals surface area contributed by atoms with Crippen LogP contribution in [0.5, 0.6) is 0 Å². The molecule has 0 aliphatic carbocycles. The van der Waals surface area contributed by atoms with E-state index in [0.717, 1.165) is 11.8 Å². The highest BCUT2D eigenvalue weighted by Gasteiger charge is 2.48. The Labute approximate surface area is 133 Å². The molecule has 0 aliphatic heterocycles. The molecule has 0 rings (SSSR count). The third-order valence-electron chi connectivity index (χ3n) is 2.51. The SMILES string of the molecule is CCSC(S)(S)C(C#N)(CCC(=O)O)CNS(=O)(=O)O. The maximum atomic E-state index is 10.8. The van der Waals surface area contributed by atoms with Crippen LogP contribution in [0, 0.1) is 16.7 Å². The lowest BCUT2D eigenvalue weighted by Crippen LogP contribution is -2.46. The van der Waals surface area contributed by atoms with Crippen LogP contribution in [0.2, 0.25) is 0 Å². The van der Waals surface area contributed by atoms with Gasteiger partial charge in [0.1, 0.15) is 8.83 Å². The molecule has 0 aromatic rings. The molecular formula is C9H16N2O5S4. The van der Waals surface area contributed by atoms with Crippen molar-refractivity contribution in [1.82, 2.24) is 4.72 Å². The van der Waals surface area contributed by atoms with Crippen molar-refractivity contribution in [3.05, 3.63) is 0 Å². The summed E-state index contributed by atoms with van der Waals surface area (Å²) in [6.45, 7) is 1.30. The van der Waals surface area contributed by atoms with E-state index in [4.69, 9.17) is 9.66 Å². The summed E-state index contributed by atoms with van der Waals surface area (Å²) >= 11 is 9.67. The molecule has 0 saturated heterocycles. The highest BCUT2D eigenvalue weighted by atomic mass is 32.2. The van der Waals surface area contributed by atoms with Gasteiger partial charge < -0.3 is 5.11 Å². The highest BCUT2D eigenvalue weighted by molar-refractivity contribution is 8.24. The van der Waals surface area contributed by atoms with Crippen molar-refractivity contribution >= 4 is 53.3 Å². The molecule has 0 radical (unpaired) electrons. The van der Waals surface area contributed by atoms with Gasteiger partial charge in [0.2, 0.25) is 0 Å². The van der Waals surface area contributed by atoms with Crippen LogP contribution >= 0.6 is 37.0 Å². The Morgan fingerprint density at radius 1 is 1.50 bits per heavy atom. The largest absolute Gasteiger partial charge is 0.481 e. The number of nitrogens with zero attached hydrogens (tertiary/aromatic N) is 1. The molecule has 0 aromatic carbocycles. The smallest absolute Gasteiger partial charge is 0.333 e. The lowest BCUT2D eigenvalue weighted by atomic mass is 9.86. The van der Waals surface area contributed by atoms with Gasteiger partial charge in [-0.15, -0.1) is 37.0 Å². The van der Waals surface area contributed by atoms with Crippen molar-refractivity contribution < 1.29 is 22.9 Å². The van der Waals surface area contributed by atoms with E-state index in [1.807, 2.05) is 6.07 Å². The average Bonchev–Trinajstić information content (AvgIpc) is 2.27. The third kappa shape index (κ3) is 6.11. The molecule has 0 aliphatic rings. The van der Waals surface area contributed by atoms with Crippen LogP contribution in [0.25, 0.3) is 0 Å². The Morgan fingerprint density at radius 3 is 2.40 bits per heavy atom. The number of hydrogen-bond acceptors (Lipinski definition) is 7. The van der Waals surface area contributed by atoms with Crippen LogP contribution < -0.4 is 4.72 Å². The molecule has 7 nitrogen and oxygen atoms in total. The summed E-state index contributed by atoms with van der Waals surface area (Å²) in [6.07, 6.45) is -0.519. The van der Waals surface area contributed by atoms with Crippen LogP contribution in [0.3, 0.4) is 0 Å². The number of nitriles is 1. The van der Waals surface area contributed by atoms with E-state index >= 15 is 0 Å². The quantitative estimate of drug-likeness (QED) is 0.236.